The van der Waals surface area contributed by atoms with Gasteiger partial charge in [-0.2, -0.15) is 13.2 Å². The first-order valence-electron chi connectivity index (χ1n) is 9.73. The number of benzene rings is 1. The van der Waals surface area contributed by atoms with E-state index in [4.69, 9.17) is 0 Å². The molecule has 0 radical (unpaired) electrons. The Labute approximate surface area is 174 Å². The molecular formula is C21H17F3N2O5. The molecule has 7 nitrogen and oxygen atoms in total. The number of rotatable bonds is 1. The number of carbonyl (C=O) groups excluding carboxylic acids is 4. The summed E-state index contributed by atoms with van der Waals surface area (Å²) in [5, 5.41) is 10.4. The van der Waals surface area contributed by atoms with Crippen molar-refractivity contribution in [2.75, 3.05) is 11.9 Å². The number of hydrogen-bond donors (Lipinski definition) is 1. The van der Waals surface area contributed by atoms with Crippen molar-refractivity contribution in [2.24, 2.45) is 35.5 Å². The van der Waals surface area contributed by atoms with Crippen LogP contribution in [-0.4, -0.2) is 40.7 Å². The number of amides is 4. The number of halogens is 3. The SMILES string of the molecule is Cc1cc(C(F)(F)F)cc(N2C(=O)C3C4C=CC(C5C(=O)N(C)C(=O)C45)C3C2=O)c1O. The van der Waals surface area contributed by atoms with Crippen LogP contribution >= 0.6 is 0 Å². The summed E-state index contributed by atoms with van der Waals surface area (Å²) < 4.78 is 39.9. The minimum absolute atomic E-state index is 0.134. The lowest BCUT2D eigenvalue weighted by molar-refractivity contribution is -0.139. The summed E-state index contributed by atoms with van der Waals surface area (Å²) >= 11 is 0. The van der Waals surface area contributed by atoms with Crippen LogP contribution in [-0.2, 0) is 25.4 Å². The number of phenolic OH excluding ortho intramolecular Hbond substituents is 1. The molecule has 3 fully saturated rings. The summed E-state index contributed by atoms with van der Waals surface area (Å²) in [6.07, 6.45) is -1.43. The Bertz CT molecular complexity index is 1060. The van der Waals surface area contributed by atoms with Gasteiger partial charge in [-0.1, -0.05) is 12.2 Å². The average Bonchev–Trinajstić information content (AvgIpc) is 3.12. The molecule has 6 rings (SSSR count). The molecule has 6 unspecified atom stereocenters. The number of imide groups is 2. The van der Waals surface area contributed by atoms with E-state index in [1.54, 1.807) is 12.2 Å². The van der Waals surface area contributed by atoms with Gasteiger partial charge in [-0.05, 0) is 24.6 Å². The monoisotopic (exact) mass is 434 g/mol. The van der Waals surface area contributed by atoms with Crippen LogP contribution < -0.4 is 4.90 Å². The average molecular weight is 434 g/mol. The lowest BCUT2D eigenvalue weighted by atomic mass is 9.54. The molecule has 2 aliphatic heterocycles. The predicted octanol–water partition coefficient (Wildman–Crippen LogP) is 1.87. The first kappa shape index (κ1) is 19.8. The van der Waals surface area contributed by atoms with Crippen LogP contribution in [0.5, 0.6) is 5.75 Å². The summed E-state index contributed by atoms with van der Waals surface area (Å²) in [5.74, 6) is -7.90. The second kappa shape index (κ2) is 5.95. The van der Waals surface area contributed by atoms with E-state index in [-0.39, 0.29) is 5.56 Å². The molecule has 2 heterocycles. The van der Waals surface area contributed by atoms with Crippen molar-refractivity contribution in [3.63, 3.8) is 0 Å². The number of carbonyl (C=O) groups is 4. The van der Waals surface area contributed by atoms with E-state index in [9.17, 15) is 37.5 Å². The molecule has 4 amide bonds. The highest BCUT2D eigenvalue weighted by Crippen LogP contribution is 2.58. The number of hydrogen-bond acceptors (Lipinski definition) is 5. The molecule has 2 saturated heterocycles. The van der Waals surface area contributed by atoms with E-state index in [0.29, 0.717) is 11.0 Å². The molecule has 5 aliphatic rings. The third-order valence-electron chi connectivity index (χ3n) is 7.08. The molecule has 31 heavy (non-hydrogen) atoms. The Balaban J connectivity index is 1.62. The van der Waals surface area contributed by atoms with Gasteiger partial charge in [-0.25, -0.2) is 4.90 Å². The zero-order valence-corrected chi connectivity index (χ0v) is 16.4. The van der Waals surface area contributed by atoms with Crippen molar-refractivity contribution < 1.29 is 37.5 Å². The predicted molar refractivity (Wildman–Crippen MR) is 98.2 cm³/mol. The first-order chi connectivity index (χ1) is 14.4. The highest BCUT2D eigenvalue weighted by Gasteiger charge is 2.68. The number of allylic oxidation sites excluding steroid dienone is 2. The molecule has 1 N–H and O–H groups in total. The van der Waals surface area contributed by atoms with Crippen molar-refractivity contribution in [3.8, 4) is 5.75 Å². The largest absolute Gasteiger partial charge is 0.505 e. The minimum Gasteiger partial charge on any atom is -0.505 e. The number of alkyl halides is 3. The van der Waals surface area contributed by atoms with Crippen LogP contribution in [0.1, 0.15) is 11.1 Å². The molecule has 6 atom stereocenters. The molecule has 10 heteroatoms. The molecule has 0 spiro atoms. The van der Waals surface area contributed by atoms with Crippen molar-refractivity contribution >= 4 is 29.3 Å². The fourth-order valence-electron chi connectivity index (χ4n) is 5.71. The van der Waals surface area contributed by atoms with Gasteiger partial charge in [-0.15, -0.1) is 0 Å². The topological polar surface area (TPSA) is 95.0 Å². The third kappa shape index (κ3) is 2.35. The molecular weight excluding hydrogens is 417 g/mol. The summed E-state index contributed by atoms with van der Waals surface area (Å²) in [4.78, 5) is 53.4. The summed E-state index contributed by atoms with van der Waals surface area (Å²) in [6.45, 7) is 1.25. The summed E-state index contributed by atoms with van der Waals surface area (Å²) in [6, 6.07) is 1.31. The second-order valence-electron chi connectivity index (χ2n) is 8.55. The van der Waals surface area contributed by atoms with Crippen molar-refractivity contribution in [1.82, 2.24) is 4.90 Å². The molecule has 162 valence electrons. The highest BCUT2D eigenvalue weighted by atomic mass is 19.4. The van der Waals surface area contributed by atoms with Gasteiger partial charge in [0.1, 0.15) is 5.75 Å². The number of anilines is 1. The van der Waals surface area contributed by atoms with Crippen LogP contribution in [0, 0.1) is 42.4 Å². The van der Waals surface area contributed by atoms with E-state index in [0.717, 1.165) is 11.0 Å². The van der Waals surface area contributed by atoms with Gasteiger partial charge in [0.05, 0.1) is 34.9 Å². The van der Waals surface area contributed by atoms with Crippen LogP contribution in [0.4, 0.5) is 18.9 Å². The van der Waals surface area contributed by atoms with Crippen LogP contribution in [0.25, 0.3) is 0 Å². The van der Waals surface area contributed by atoms with Crippen LogP contribution in [0.15, 0.2) is 24.3 Å². The fourth-order valence-corrected chi connectivity index (χ4v) is 5.71. The van der Waals surface area contributed by atoms with Gasteiger partial charge < -0.3 is 5.11 Å². The molecule has 2 bridgehead atoms. The van der Waals surface area contributed by atoms with E-state index in [2.05, 4.69) is 0 Å². The lowest BCUT2D eigenvalue weighted by Gasteiger charge is -2.44. The second-order valence-corrected chi connectivity index (χ2v) is 8.55. The molecule has 1 aromatic carbocycles. The Morgan fingerprint density at radius 1 is 0.839 bits per heavy atom. The van der Waals surface area contributed by atoms with E-state index >= 15 is 0 Å². The normalized spacial score (nSPS) is 34.1. The third-order valence-corrected chi connectivity index (χ3v) is 7.08. The van der Waals surface area contributed by atoms with E-state index in [1.807, 2.05) is 0 Å². The molecule has 1 aromatic rings. The zero-order valence-electron chi connectivity index (χ0n) is 16.4. The van der Waals surface area contributed by atoms with Gasteiger partial charge in [0.2, 0.25) is 23.6 Å². The van der Waals surface area contributed by atoms with Gasteiger partial charge in [0, 0.05) is 18.9 Å². The summed E-state index contributed by atoms with van der Waals surface area (Å²) in [5.41, 5.74) is -1.76. The van der Waals surface area contributed by atoms with E-state index in [1.165, 1.54) is 14.0 Å². The number of nitrogens with zero attached hydrogens (tertiary/aromatic N) is 2. The zero-order chi connectivity index (χ0) is 22.6. The Hall–Kier alpha value is -3.17. The lowest BCUT2D eigenvalue weighted by Crippen LogP contribution is -2.50. The number of phenols is 1. The van der Waals surface area contributed by atoms with E-state index < -0.39 is 82.3 Å². The smallest absolute Gasteiger partial charge is 0.416 e. The van der Waals surface area contributed by atoms with Gasteiger partial charge >= 0.3 is 6.18 Å². The van der Waals surface area contributed by atoms with Crippen molar-refractivity contribution in [1.29, 1.82) is 0 Å². The Kier molecular flexibility index (Phi) is 3.80. The van der Waals surface area contributed by atoms with Crippen molar-refractivity contribution in [3.05, 3.63) is 35.4 Å². The number of likely N-dealkylation sites (tertiary alicyclic amines) is 1. The standard InChI is InChI=1S/C21H17F3N2O5/c1-7-5-8(21(22,23)24)6-11(16(7)27)26-19(30)14-9-3-4-10(15(14)20(26)31)13-12(9)17(28)25(2)18(13)29/h3-6,9-10,12-15,27H,1-2H3. The molecule has 1 saturated carbocycles. The minimum atomic E-state index is -4.74. The van der Waals surface area contributed by atoms with Gasteiger partial charge in [0.15, 0.2) is 0 Å². The maximum absolute atomic E-state index is 13.3. The van der Waals surface area contributed by atoms with Crippen LogP contribution in [0.2, 0.25) is 0 Å². The number of aryl methyl sites for hydroxylation is 1. The van der Waals surface area contributed by atoms with Crippen LogP contribution in [0.3, 0.4) is 0 Å². The van der Waals surface area contributed by atoms with Crippen molar-refractivity contribution in [2.45, 2.75) is 13.1 Å². The Morgan fingerprint density at radius 2 is 1.29 bits per heavy atom. The maximum Gasteiger partial charge on any atom is 0.416 e. The molecule has 0 aromatic heterocycles. The van der Waals surface area contributed by atoms with Gasteiger partial charge in [-0.3, -0.25) is 24.1 Å². The summed E-state index contributed by atoms with van der Waals surface area (Å²) in [7, 11) is 1.36. The maximum atomic E-state index is 13.3. The quantitative estimate of drug-likeness (QED) is 0.538. The highest BCUT2D eigenvalue weighted by molar-refractivity contribution is 6.24. The Morgan fingerprint density at radius 3 is 1.74 bits per heavy atom. The van der Waals surface area contributed by atoms with Gasteiger partial charge in [0.25, 0.3) is 0 Å². The number of aromatic hydroxyl groups is 1. The molecule has 3 aliphatic carbocycles. The first-order valence-corrected chi connectivity index (χ1v) is 9.73. The fraction of sp³-hybridized carbons (Fsp3) is 0.429.